The van der Waals surface area contributed by atoms with Crippen LogP contribution in [0, 0.1) is 5.92 Å². The quantitative estimate of drug-likeness (QED) is 0.269. The van der Waals surface area contributed by atoms with Crippen molar-refractivity contribution in [2.24, 2.45) is 5.92 Å². The number of ketones is 1. The molecule has 2 atom stereocenters. The first-order valence-corrected chi connectivity index (χ1v) is 13.8. The lowest BCUT2D eigenvalue weighted by molar-refractivity contribution is 0.0984. The molecule has 1 aromatic heterocycles. The van der Waals surface area contributed by atoms with Crippen molar-refractivity contribution in [2.75, 3.05) is 13.7 Å². The summed E-state index contributed by atoms with van der Waals surface area (Å²) in [4.78, 5) is 13.4. The normalized spacial score (nSPS) is 21.8. The van der Waals surface area contributed by atoms with Crippen LogP contribution >= 0.6 is 0 Å². The number of allylic oxidation sites excluding steroid dienone is 10. The van der Waals surface area contributed by atoms with E-state index in [1.165, 1.54) is 17.6 Å². The van der Waals surface area contributed by atoms with Crippen LogP contribution in [0.5, 0.6) is 5.75 Å². The minimum atomic E-state index is 0.191. The largest absolute Gasteiger partial charge is 0.495 e. The molecule has 0 bridgehead atoms. The molecule has 0 saturated heterocycles. The summed E-state index contributed by atoms with van der Waals surface area (Å²) in [5, 5.41) is 4.78. The van der Waals surface area contributed by atoms with Gasteiger partial charge in [0.1, 0.15) is 5.75 Å². The average Bonchev–Trinajstić information content (AvgIpc) is 3.19. The highest BCUT2D eigenvalue weighted by atomic mass is 16.5. The summed E-state index contributed by atoms with van der Waals surface area (Å²) in [6.45, 7) is 6.21. The van der Waals surface area contributed by atoms with E-state index in [0.29, 0.717) is 18.4 Å². The van der Waals surface area contributed by atoms with Gasteiger partial charge in [-0.3, -0.25) is 4.79 Å². The van der Waals surface area contributed by atoms with Crippen LogP contribution in [-0.4, -0.2) is 30.0 Å². The minimum absolute atomic E-state index is 0.191. The molecule has 2 aromatic rings. The molecular weight excluding hydrogens is 456 g/mol. The Kier molecular flexibility index (Phi) is 9.78. The highest BCUT2D eigenvalue weighted by Crippen LogP contribution is 2.31. The van der Waals surface area contributed by atoms with Crippen LogP contribution in [0.2, 0.25) is 0 Å². The Morgan fingerprint density at radius 2 is 2.11 bits per heavy atom. The summed E-state index contributed by atoms with van der Waals surface area (Å²) in [5.74, 6) is 1.59. The molecule has 196 valence electrons. The smallest absolute Gasteiger partial charge is 0.165 e. The number of hydrogen-bond donors (Lipinski definition) is 1. The van der Waals surface area contributed by atoms with Gasteiger partial charge in [0.2, 0.25) is 0 Å². The van der Waals surface area contributed by atoms with E-state index < -0.39 is 0 Å². The molecule has 0 radical (unpaired) electrons. The summed E-state index contributed by atoms with van der Waals surface area (Å²) >= 11 is 0. The Morgan fingerprint density at radius 3 is 2.97 bits per heavy atom. The predicted molar refractivity (Wildman–Crippen MR) is 155 cm³/mol. The van der Waals surface area contributed by atoms with E-state index in [9.17, 15) is 4.79 Å². The summed E-state index contributed by atoms with van der Waals surface area (Å²) in [6, 6.07) is 6.55. The van der Waals surface area contributed by atoms with E-state index in [0.717, 1.165) is 67.4 Å². The molecule has 1 aromatic carbocycles. The predicted octanol–water partition coefficient (Wildman–Crippen LogP) is 7.73. The van der Waals surface area contributed by atoms with Crippen molar-refractivity contribution in [3.63, 3.8) is 0 Å². The molecule has 0 amide bonds. The Hall–Kier alpha value is -3.11. The van der Waals surface area contributed by atoms with Gasteiger partial charge in [0.25, 0.3) is 0 Å². The van der Waals surface area contributed by atoms with Crippen molar-refractivity contribution in [1.82, 2.24) is 9.88 Å². The third-order valence-corrected chi connectivity index (χ3v) is 7.38. The number of hydrogen-bond acceptors (Lipinski definition) is 3. The number of para-hydroxylation sites is 1. The van der Waals surface area contributed by atoms with Crippen LogP contribution in [0.25, 0.3) is 10.9 Å². The molecule has 1 heterocycles. The molecule has 0 aliphatic heterocycles. The molecule has 4 nitrogen and oxygen atoms in total. The van der Waals surface area contributed by atoms with Crippen LogP contribution in [0.1, 0.15) is 69.2 Å². The fraction of sp³-hybridized carbons (Fsp3) is 0.424. The molecule has 4 heteroatoms. The van der Waals surface area contributed by atoms with Crippen LogP contribution in [0.4, 0.5) is 0 Å². The number of nitrogens with one attached hydrogen (secondary N) is 1. The van der Waals surface area contributed by atoms with Gasteiger partial charge in [-0.2, -0.15) is 0 Å². The van der Waals surface area contributed by atoms with Gasteiger partial charge in [-0.1, -0.05) is 73.2 Å². The highest BCUT2D eigenvalue weighted by Gasteiger charge is 2.18. The molecule has 0 fully saturated rings. The number of ether oxygens (including phenoxy) is 1. The number of Topliss-reactive ketones (excluding diaryl/α,β-unsaturated/α-hetero) is 1. The highest BCUT2D eigenvalue weighted by molar-refractivity contribution is 6.09. The second-order valence-corrected chi connectivity index (χ2v) is 10.4. The number of fused-ring (bicyclic) bond motifs is 1. The number of carbonyl (C=O) groups excluding carboxylic acids is 1. The van der Waals surface area contributed by atoms with Gasteiger partial charge in [-0.25, -0.2) is 0 Å². The van der Waals surface area contributed by atoms with E-state index in [1.807, 2.05) is 12.1 Å². The van der Waals surface area contributed by atoms with Gasteiger partial charge < -0.3 is 14.6 Å². The summed E-state index contributed by atoms with van der Waals surface area (Å²) in [7, 11) is 1.71. The number of rotatable bonds is 10. The van der Waals surface area contributed by atoms with Crippen molar-refractivity contribution in [3.8, 4) is 5.75 Å². The first-order valence-electron chi connectivity index (χ1n) is 13.8. The van der Waals surface area contributed by atoms with E-state index >= 15 is 0 Å². The van der Waals surface area contributed by atoms with Gasteiger partial charge in [0.15, 0.2) is 5.78 Å². The summed E-state index contributed by atoms with van der Waals surface area (Å²) in [6.07, 6.45) is 26.4. The Balaban J connectivity index is 1.43. The van der Waals surface area contributed by atoms with Crippen LogP contribution in [0.3, 0.4) is 0 Å². The first kappa shape index (κ1) is 26.9. The van der Waals surface area contributed by atoms with Crippen molar-refractivity contribution < 1.29 is 9.53 Å². The zero-order chi connectivity index (χ0) is 26.0. The molecule has 0 saturated carbocycles. The van der Waals surface area contributed by atoms with Gasteiger partial charge in [0, 0.05) is 36.2 Å². The Bertz CT molecular complexity index is 1220. The van der Waals surface area contributed by atoms with Gasteiger partial charge >= 0.3 is 0 Å². The molecular formula is C33H42N2O2. The van der Waals surface area contributed by atoms with Crippen LogP contribution in [-0.2, 0) is 6.54 Å². The van der Waals surface area contributed by atoms with Crippen molar-refractivity contribution >= 4 is 16.7 Å². The molecule has 2 unspecified atom stereocenters. The molecule has 2 aliphatic carbocycles. The maximum Gasteiger partial charge on any atom is 0.165 e. The van der Waals surface area contributed by atoms with E-state index in [-0.39, 0.29) is 5.78 Å². The fourth-order valence-electron chi connectivity index (χ4n) is 5.42. The first-order chi connectivity index (χ1) is 18.0. The molecule has 0 spiro atoms. The van der Waals surface area contributed by atoms with Gasteiger partial charge in [-0.05, 0) is 69.6 Å². The number of benzene rings is 1. The summed E-state index contributed by atoms with van der Waals surface area (Å²) in [5.41, 5.74) is 4.31. The fourth-order valence-corrected chi connectivity index (χ4v) is 5.42. The summed E-state index contributed by atoms with van der Waals surface area (Å²) < 4.78 is 7.93. The number of nitrogens with zero attached hydrogens (tertiary/aromatic N) is 1. The van der Waals surface area contributed by atoms with Crippen LogP contribution in [0.15, 0.2) is 84.2 Å². The lowest BCUT2D eigenvalue weighted by atomic mass is 9.98. The standard InChI is InChI=1S/C33H42N2O2/c1-25-13-8-9-14-27(22-25)18-19-31(36)30-24-35(33-29(30)16-10-17-32(33)37-3)21-11-20-34-28-15-7-5-4-6-12-26(2)23-28/h4-6,9-10,12-14,16-17,22,24,26,28,34H,7-8,11,15,18-21,23H2,1-3H3/b5-4-,12-6-. The van der Waals surface area contributed by atoms with Crippen molar-refractivity contribution in [1.29, 1.82) is 0 Å². The molecule has 4 rings (SSSR count). The third-order valence-electron chi connectivity index (χ3n) is 7.38. The second kappa shape index (κ2) is 13.4. The number of aryl methyl sites for hydroxylation is 1. The average molecular weight is 499 g/mol. The van der Waals surface area contributed by atoms with Crippen molar-refractivity contribution in [2.45, 2.75) is 71.4 Å². The van der Waals surface area contributed by atoms with Crippen molar-refractivity contribution in [3.05, 3.63) is 89.7 Å². The monoisotopic (exact) mass is 498 g/mol. The lowest BCUT2D eigenvalue weighted by Gasteiger charge is -2.20. The number of aromatic nitrogens is 1. The SMILES string of the molecule is COc1cccc2c(C(=O)CCC3=CC(C)=CCC=C3)cn(CCCNC3CC/C=C\C=C/C(C)C3)c12. The number of methoxy groups -OCH3 is 1. The zero-order valence-electron chi connectivity index (χ0n) is 22.7. The maximum absolute atomic E-state index is 13.4. The van der Waals surface area contributed by atoms with E-state index in [2.05, 4.69) is 84.6 Å². The van der Waals surface area contributed by atoms with E-state index in [1.54, 1.807) is 7.11 Å². The van der Waals surface area contributed by atoms with Crippen LogP contribution < -0.4 is 10.1 Å². The zero-order valence-corrected chi connectivity index (χ0v) is 22.7. The second-order valence-electron chi connectivity index (χ2n) is 10.4. The minimum Gasteiger partial charge on any atom is -0.495 e. The van der Waals surface area contributed by atoms with Gasteiger partial charge in [0.05, 0.1) is 12.6 Å². The lowest BCUT2D eigenvalue weighted by Crippen LogP contribution is -2.31. The topological polar surface area (TPSA) is 43.3 Å². The molecule has 37 heavy (non-hydrogen) atoms. The molecule has 1 N–H and O–H groups in total. The molecule has 2 aliphatic rings. The van der Waals surface area contributed by atoms with Gasteiger partial charge in [-0.15, -0.1) is 0 Å². The Morgan fingerprint density at radius 1 is 1.22 bits per heavy atom. The third kappa shape index (κ3) is 7.45. The Labute approximate surface area is 222 Å². The van der Waals surface area contributed by atoms with E-state index in [4.69, 9.17) is 4.74 Å². The maximum atomic E-state index is 13.4. The number of carbonyl (C=O) groups is 1.